The molecule has 0 unspecified atom stereocenters. The molecule has 0 bridgehead atoms. The number of nitrogens with zero attached hydrogens (tertiary/aromatic N) is 4. The standard InChI is InChI=1S/C23H20FN5O2/c24-20-7-6-18(14-27-20)17-5-3-4-16(12-17)15-31-22(30)29-23(9-1-2-10-23)19-8-11-26-21(13-25)28-19/h3-8,11-12,14H,1-2,9-10,15H2,(H,29,30). The molecule has 0 atom stereocenters. The van der Waals surface area contributed by atoms with Crippen molar-refractivity contribution in [2.75, 3.05) is 0 Å². The topological polar surface area (TPSA) is 101 Å². The molecule has 1 aromatic carbocycles. The largest absolute Gasteiger partial charge is 0.445 e. The van der Waals surface area contributed by atoms with E-state index in [1.165, 1.54) is 18.5 Å². The minimum absolute atomic E-state index is 0.0750. The van der Waals surface area contributed by atoms with E-state index in [1.807, 2.05) is 30.3 Å². The summed E-state index contributed by atoms with van der Waals surface area (Å²) in [6.45, 7) is 0.0809. The molecule has 2 aromatic heterocycles. The molecule has 0 spiro atoms. The third kappa shape index (κ3) is 4.67. The summed E-state index contributed by atoms with van der Waals surface area (Å²) in [5.41, 5.74) is 2.39. The number of nitriles is 1. The minimum Gasteiger partial charge on any atom is -0.445 e. The maximum atomic E-state index is 13.1. The van der Waals surface area contributed by atoms with Crippen LogP contribution in [0.25, 0.3) is 11.1 Å². The molecular weight excluding hydrogens is 397 g/mol. The number of carbonyl (C=O) groups is 1. The van der Waals surface area contributed by atoms with Crippen LogP contribution >= 0.6 is 0 Å². The monoisotopic (exact) mass is 417 g/mol. The van der Waals surface area contributed by atoms with Gasteiger partial charge in [0.05, 0.1) is 11.2 Å². The summed E-state index contributed by atoms with van der Waals surface area (Å²) < 4.78 is 18.5. The van der Waals surface area contributed by atoms with E-state index in [9.17, 15) is 9.18 Å². The van der Waals surface area contributed by atoms with Gasteiger partial charge in [-0.05, 0) is 48.2 Å². The van der Waals surface area contributed by atoms with Crippen LogP contribution in [-0.4, -0.2) is 21.0 Å². The lowest BCUT2D eigenvalue weighted by atomic mass is 9.93. The van der Waals surface area contributed by atoms with E-state index >= 15 is 0 Å². The van der Waals surface area contributed by atoms with Crippen molar-refractivity contribution in [1.29, 1.82) is 5.26 Å². The van der Waals surface area contributed by atoms with Gasteiger partial charge in [-0.2, -0.15) is 9.65 Å². The summed E-state index contributed by atoms with van der Waals surface area (Å²) >= 11 is 0. The first-order chi connectivity index (χ1) is 15.1. The van der Waals surface area contributed by atoms with Gasteiger partial charge in [0.15, 0.2) is 0 Å². The molecule has 2 heterocycles. The van der Waals surface area contributed by atoms with Gasteiger partial charge in [0.1, 0.15) is 12.7 Å². The maximum absolute atomic E-state index is 13.1. The van der Waals surface area contributed by atoms with Gasteiger partial charge in [0, 0.05) is 18.0 Å². The van der Waals surface area contributed by atoms with Gasteiger partial charge >= 0.3 is 6.09 Å². The second-order valence-corrected chi connectivity index (χ2v) is 7.44. The maximum Gasteiger partial charge on any atom is 0.408 e. The van der Waals surface area contributed by atoms with E-state index < -0.39 is 17.6 Å². The lowest BCUT2D eigenvalue weighted by Gasteiger charge is -2.29. The lowest BCUT2D eigenvalue weighted by molar-refractivity contribution is 0.125. The third-order valence-corrected chi connectivity index (χ3v) is 5.40. The molecule has 1 aliphatic carbocycles. The van der Waals surface area contributed by atoms with Crippen LogP contribution in [0.5, 0.6) is 0 Å². The number of rotatable bonds is 5. The molecule has 1 fully saturated rings. The highest BCUT2D eigenvalue weighted by Crippen LogP contribution is 2.37. The molecule has 8 heteroatoms. The number of halogens is 1. The molecule has 4 rings (SSSR count). The zero-order valence-electron chi connectivity index (χ0n) is 16.7. The fourth-order valence-corrected chi connectivity index (χ4v) is 3.87. The highest BCUT2D eigenvalue weighted by molar-refractivity contribution is 5.69. The van der Waals surface area contributed by atoms with Crippen LogP contribution in [0.4, 0.5) is 9.18 Å². The van der Waals surface area contributed by atoms with E-state index in [-0.39, 0.29) is 12.4 Å². The van der Waals surface area contributed by atoms with Crippen LogP contribution < -0.4 is 5.32 Å². The van der Waals surface area contributed by atoms with Crippen molar-refractivity contribution in [1.82, 2.24) is 20.3 Å². The Morgan fingerprint density at radius 3 is 2.74 bits per heavy atom. The van der Waals surface area contributed by atoms with E-state index in [1.54, 1.807) is 12.1 Å². The van der Waals surface area contributed by atoms with Gasteiger partial charge in [-0.25, -0.2) is 19.7 Å². The number of pyridine rings is 1. The number of aromatic nitrogens is 3. The molecule has 0 aliphatic heterocycles. The first-order valence-corrected chi connectivity index (χ1v) is 9.97. The highest BCUT2D eigenvalue weighted by Gasteiger charge is 2.39. The SMILES string of the molecule is N#Cc1nccc(C2(NC(=O)OCc3cccc(-c4ccc(F)nc4)c3)CCCC2)n1. The third-order valence-electron chi connectivity index (χ3n) is 5.40. The molecule has 156 valence electrons. The van der Waals surface area contributed by atoms with Gasteiger partial charge in [-0.3, -0.25) is 0 Å². The molecule has 31 heavy (non-hydrogen) atoms. The van der Waals surface area contributed by atoms with E-state index in [4.69, 9.17) is 10.00 Å². The predicted octanol–water partition coefficient (Wildman–Crippen LogP) is 4.25. The first-order valence-electron chi connectivity index (χ1n) is 9.97. The van der Waals surface area contributed by atoms with Gasteiger partial charge in [0.2, 0.25) is 11.8 Å². The molecular formula is C23H20FN5O2. The Morgan fingerprint density at radius 1 is 1.16 bits per heavy atom. The number of nitrogens with one attached hydrogen (secondary N) is 1. The van der Waals surface area contributed by atoms with Crippen LogP contribution in [0, 0.1) is 17.3 Å². The molecule has 1 amide bonds. The minimum atomic E-state index is -0.659. The summed E-state index contributed by atoms with van der Waals surface area (Å²) in [6, 6.07) is 14.1. The van der Waals surface area contributed by atoms with Crippen molar-refractivity contribution in [2.24, 2.45) is 0 Å². The Balaban J connectivity index is 1.44. The summed E-state index contributed by atoms with van der Waals surface area (Å²) in [6.07, 6.45) is 5.77. The van der Waals surface area contributed by atoms with E-state index in [0.717, 1.165) is 42.4 Å². The van der Waals surface area contributed by atoms with Gasteiger partial charge in [-0.15, -0.1) is 0 Å². The van der Waals surface area contributed by atoms with Crippen molar-refractivity contribution in [3.05, 3.63) is 77.9 Å². The molecule has 1 aliphatic rings. The first kappa shape index (κ1) is 20.4. The fraction of sp³-hybridized carbons (Fsp3) is 0.261. The average molecular weight is 417 g/mol. The normalized spacial score (nSPS) is 14.6. The summed E-state index contributed by atoms with van der Waals surface area (Å²) in [5.74, 6) is -0.461. The lowest BCUT2D eigenvalue weighted by Crippen LogP contribution is -2.44. The Bertz CT molecular complexity index is 1120. The predicted molar refractivity (Wildman–Crippen MR) is 110 cm³/mol. The number of ether oxygens (including phenoxy) is 1. The smallest absolute Gasteiger partial charge is 0.408 e. The highest BCUT2D eigenvalue weighted by atomic mass is 19.1. The average Bonchev–Trinajstić information content (AvgIpc) is 3.28. The zero-order valence-corrected chi connectivity index (χ0v) is 16.7. The molecule has 1 saturated carbocycles. The molecule has 0 radical (unpaired) electrons. The Morgan fingerprint density at radius 2 is 2.00 bits per heavy atom. The molecule has 0 saturated heterocycles. The van der Waals surface area contributed by atoms with Crippen molar-refractivity contribution < 1.29 is 13.9 Å². The quantitative estimate of drug-likeness (QED) is 0.623. The van der Waals surface area contributed by atoms with Crippen molar-refractivity contribution >= 4 is 6.09 Å². The fourth-order valence-electron chi connectivity index (χ4n) is 3.87. The number of benzene rings is 1. The van der Waals surface area contributed by atoms with Crippen molar-refractivity contribution in [3.8, 4) is 17.2 Å². The number of hydrogen-bond acceptors (Lipinski definition) is 6. The molecule has 3 aromatic rings. The van der Waals surface area contributed by atoms with Crippen LogP contribution in [-0.2, 0) is 16.9 Å². The van der Waals surface area contributed by atoms with Crippen molar-refractivity contribution in [3.63, 3.8) is 0 Å². The molecule has 1 N–H and O–H groups in total. The van der Waals surface area contributed by atoms with Crippen LogP contribution in [0.3, 0.4) is 0 Å². The van der Waals surface area contributed by atoms with Crippen LogP contribution in [0.2, 0.25) is 0 Å². The summed E-state index contributed by atoms with van der Waals surface area (Å²) in [7, 11) is 0. The Kier molecular flexibility index (Phi) is 5.85. The number of alkyl carbamates (subject to hydrolysis) is 1. The number of carbonyl (C=O) groups excluding carboxylic acids is 1. The second-order valence-electron chi connectivity index (χ2n) is 7.44. The van der Waals surface area contributed by atoms with Crippen molar-refractivity contribution in [2.45, 2.75) is 37.8 Å². The summed E-state index contributed by atoms with van der Waals surface area (Å²) in [5, 5.41) is 12.1. The van der Waals surface area contributed by atoms with Gasteiger partial charge in [-0.1, -0.05) is 31.0 Å². The van der Waals surface area contributed by atoms with Gasteiger partial charge < -0.3 is 10.1 Å². The zero-order chi connectivity index (χ0) is 21.7. The van der Waals surface area contributed by atoms with Crippen LogP contribution in [0.1, 0.15) is 42.8 Å². The number of amides is 1. The van der Waals surface area contributed by atoms with Gasteiger partial charge in [0.25, 0.3) is 0 Å². The van der Waals surface area contributed by atoms with E-state index in [0.29, 0.717) is 5.69 Å². The summed E-state index contributed by atoms with van der Waals surface area (Å²) in [4.78, 5) is 24.5. The van der Waals surface area contributed by atoms with E-state index in [2.05, 4.69) is 20.3 Å². The second kappa shape index (κ2) is 8.88. The Labute approximate surface area is 179 Å². The Hall–Kier alpha value is -3.86. The van der Waals surface area contributed by atoms with Crippen LogP contribution in [0.15, 0.2) is 54.9 Å². The molecule has 7 nitrogen and oxygen atoms in total. The number of hydrogen-bond donors (Lipinski definition) is 1.